The third kappa shape index (κ3) is 2.78. The van der Waals surface area contributed by atoms with Crippen LogP contribution in [0.4, 0.5) is 0 Å². The first-order valence-corrected chi connectivity index (χ1v) is 4.60. The maximum absolute atomic E-state index is 11.3. The second-order valence-electron chi connectivity index (χ2n) is 3.25. The molecule has 0 aromatic heterocycles. The molecule has 0 fully saturated rings. The van der Waals surface area contributed by atoms with E-state index in [9.17, 15) is 4.79 Å². The van der Waals surface area contributed by atoms with Gasteiger partial charge in [-0.3, -0.25) is 0 Å². The number of benzene rings is 1. The molecular weight excluding hydrogens is 194 g/mol. The van der Waals surface area contributed by atoms with E-state index >= 15 is 0 Å². The second kappa shape index (κ2) is 4.10. The molecule has 1 aliphatic rings. The van der Waals surface area contributed by atoms with Crippen molar-refractivity contribution in [1.82, 2.24) is 5.43 Å². The topological polar surface area (TPSA) is 86.6 Å². The molecule has 3 N–H and O–H groups in total. The van der Waals surface area contributed by atoms with Gasteiger partial charge in [0.25, 0.3) is 0 Å². The van der Waals surface area contributed by atoms with Crippen LogP contribution in [-0.4, -0.2) is 18.0 Å². The summed E-state index contributed by atoms with van der Waals surface area (Å²) in [5.41, 5.74) is 9.10. The quantitative estimate of drug-likeness (QED) is 0.678. The van der Waals surface area contributed by atoms with Crippen LogP contribution in [0.25, 0.3) is 0 Å². The molecular formula is C10H11N3O2. The Kier molecular flexibility index (Phi) is 2.64. The minimum atomic E-state index is -0.655. The van der Waals surface area contributed by atoms with Crippen molar-refractivity contribution >= 4 is 12.0 Å². The first-order valence-electron chi connectivity index (χ1n) is 4.60. The van der Waals surface area contributed by atoms with Crippen LogP contribution >= 0.6 is 0 Å². The van der Waals surface area contributed by atoms with Crippen molar-refractivity contribution in [3.05, 3.63) is 35.9 Å². The van der Waals surface area contributed by atoms with Gasteiger partial charge < -0.3 is 10.5 Å². The van der Waals surface area contributed by atoms with Gasteiger partial charge in [-0.25, -0.2) is 10.2 Å². The molecule has 1 heterocycles. The van der Waals surface area contributed by atoms with Crippen molar-refractivity contribution < 1.29 is 9.53 Å². The van der Waals surface area contributed by atoms with Crippen LogP contribution in [0.2, 0.25) is 0 Å². The number of rotatable bonds is 3. The van der Waals surface area contributed by atoms with Crippen molar-refractivity contribution in [2.45, 2.75) is 12.5 Å². The molecule has 0 saturated heterocycles. The van der Waals surface area contributed by atoms with Gasteiger partial charge >= 0.3 is 12.0 Å². The lowest BCUT2D eigenvalue weighted by Gasteiger charge is -2.08. The van der Waals surface area contributed by atoms with Crippen molar-refractivity contribution in [3.63, 3.8) is 0 Å². The molecule has 0 radical (unpaired) electrons. The first kappa shape index (κ1) is 9.67. The van der Waals surface area contributed by atoms with Gasteiger partial charge in [0.15, 0.2) is 0 Å². The maximum atomic E-state index is 11.3. The van der Waals surface area contributed by atoms with Crippen molar-refractivity contribution in [2.24, 2.45) is 10.8 Å². The molecule has 2 rings (SSSR count). The van der Waals surface area contributed by atoms with E-state index in [-0.39, 0.29) is 6.02 Å². The number of amidine groups is 1. The molecule has 78 valence electrons. The highest BCUT2D eigenvalue weighted by Gasteiger charge is 2.22. The zero-order valence-electron chi connectivity index (χ0n) is 8.01. The number of ether oxygens (including phenoxy) is 1. The van der Waals surface area contributed by atoms with Crippen LogP contribution in [0, 0.1) is 0 Å². The summed E-state index contributed by atoms with van der Waals surface area (Å²) < 4.78 is 4.77. The van der Waals surface area contributed by atoms with Gasteiger partial charge in [0.1, 0.15) is 6.04 Å². The zero-order valence-corrected chi connectivity index (χ0v) is 8.01. The van der Waals surface area contributed by atoms with Gasteiger partial charge in [0.2, 0.25) is 0 Å². The molecule has 15 heavy (non-hydrogen) atoms. The number of nitrogens with two attached hydrogens (primary N) is 1. The fourth-order valence-corrected chi connectivity index (χ4v) is 1.19. The zero-order chi connectivity index (χ0) is 10.7. The molecule has 0 amide bonds. The van der Waals surface area contributed by atoms with E-state index in [1.807, 2.05) is 30.3 Å². The number of hydrazone groups is 1. The van der Waals surface area contributed by atoms with E-state index in [1.165, 1.54) is 0 Å². The Bertz CT molecular complexity index is 389. The van der Waals surface area contributed by atoms with E-state index in [4.69, 9.17) is 10.5 Å². The van der Waals surface area contributed by atoms with E-state index < -0.39 is 12.0 Å². The standard InChI is InChI=1S/C10H11N3O2/c11-8(9(14)15-10-12-13-10)6-7-4-2-1-3-5-7/h1-5,8H,6,11H2,(H,12,13)/t8-/m0/s1. The number of nitrogens with one attached hydrogen (secondary N) is 1. The summed E-state index contributed by atoms with van der Waals surface area (Å²) in [7, 11) is 0. The molecule has 5 heteroatoms. The second-order valence-corrected chi connectivity index (χ2v) is 3.25. The largest absolute Gasteiger partial charge is 0.389 e. The number of hydrogen-bond acceptors (Lipinski definition) is 5. The first-order chi connectivity index (χ1) is 7.25. The summed E-state index contributed by atoms with van der Waals surface area (Å²) in [5, 5.41) is 3.50. The summed E-state index contributed by atoms with van der Waals surface area (Å²) in [6.07, 6.45) is 0.465. The van der Waals surface area contributed by atoms with Crippen LogP contribution in [0.5, 0.6) is 0 Å². The fourth-order valence-electron chi connectivity index (χ4n) is 1.19. The van der Waals surface area contributed by atoms with Crippen LogP contribution < -0.4 is 11.2 Å². The van der Waals surface area contributed by atoms with E-state index in [0.29, 0.717) is 6.42 Å². The number of carbonyl (C=O) groups is 1. The number of esters is 1. The lowest BCUT2D eigenvalue weighted by atomic mass is 10.1. The maximum Gasteiger partial charge on any atom is 0.335 e. The smallest absolute Gasteiger partial charge is 0.335 e. The fraction of sp³-hybridized carbons (Fsp3) is 0.200. The lowest BCUT2D eigenvalue weighted by molar-refractivity contribution is -0.136. The molecule has 0 spiro atoms. The van der Waals surface area contributed by atoms with Gasteiger partial charge in [-0.1, -0.05) is 30.3 Å². The predicted molar refractivity (Wildman–Crippen MR) is 54.8 cm³/mol. The van der Waals surface area contributed by atoms with Gasteiger partial charge in [-0.2, -0.15) is 0 Å². The van der Waals surface area contributed by atoms with Crippen LogP contribution in [0.15, 0.2) is 35.4 Å². The minimum Gasteiger partial charge on any atom is -0.389 e. The highest BCUT2D eigenvalue weighted by Crippen LogP contribution is 2.03. The molecule has 1 atom stereocenters. The van der Waals surface area contributed by atoms with Crippen LogP contribution in [0.3, 0.4) is 0 Å². The van der Waals surface area contributed by atoms with Crippen molar-refractivity contribution in [1.29, 1.82) is 0 Å². The number of carbonyl (C=O) groups excluding carboxylic acids is 1. The lowest BCUT2D eigenvalue weighted by Crippen LogP contribution is -2.35. The van der Waals surface area contributed by atoms with Gasteiger partial charge in [0.05, 0.1) is 0 Å². The molecule has 1 aromatic carbocycles. The highest BCUT2D eigenvalue weighted by molar-refractivity contribution is 5.94. The molecule has 5 nitrogen and oxygen atoms in total. The van der Waals surface area contributed by atoms with Crippen LogP contribution in [0.1, 0.15) is 5.56 Å². The van der Waals surface area contributed by atoms with Gasteiger partial charge in [0, 0.05) is 0 Å². The Morgan fingerprint density at radius 2 is 2.13 bits per heavy atom. The summed E-state index contributed by atoms with van der Waals surface area (Å²) in [4.78, 5) is 11.3. The Labute approximate surface area is 86.9 Å². The Morgan fingerprint density at radius 3 is 2.73 bits per heavy atom. The normalized spacial score (nSPS) is 14.9. The average molecular weight is 205 g/mol. The molecule has 0 aliphatic carbocycles. The number of nitrogens with zero attached hydrogens (tertiary/aromatic N) is 1. The van der Waals surface area contributed by atoms with E-state index in [0.717, 1.165) is 5.56 Å². The Hall–Kier alpha value is -1.88. The number of hydrogen-bond donors (Lipinski definition) is 2. The van der Waals surface area contributed by atoms with E-state index in [1.54, 1.807) is 0 Å². The summed E-state index contributed by atoms with van der Waals surface area (Å²) in [5.74, 6) is -0.470. The molecule has 0 saturated carbocycles. The van der Waals surface area contributed by atoms with Crippen LogP contribution in [-0.2, 0) is 16.0 Å². The van der Waals surface area contributed by atoms with Crippen molar-refractivity contribution in [3.8, 4) is 0 Å². The highest BCUT2D eigenvalue weighted by atomic mass is 16.6. The van der Waals surface area contributed by atoms with Gasteiger partial charge in [-0.05, 0) is 12.0 Å². The molecule has 1 aromatic rings. The average Bonchev–Trinajstić information content (AvgIpc) is 3.03. The molecule has 1 aliphatic heterocycles. The van der Waals surface area contributed by atoms with Gasteiger partial charge in [-0.15, -0.1) is 5.10 Å². The molecule has 0 bridgehead atoms. The summed E-state index contributed by atoms with van der Waals surface area (Å²) in [6.45, 7) is 0. The van der Waals surface area contributed by atoms with E-state index in [2.05, 4.69) is 10.5 Å². The Morgan fingerprint density at radius 1 is 1.47 bits per heavy atom. The Balaban J connectivity index is 1.88. The third-order valence-corrected chi connectivity index (χ3v) is 2.00. The molecule has 0 unspecified atom stereocenters. The predicted octanol–water partition coefficient (Wildman–Crippen LogP) is -0.0262. The SMILES string of the molecule is N[C@@H](Cc1ccccc1)C(=O)OC1=NN1. The van der Waals surface area contributed by atoms with Crippen molar-refractivity contribution in [2.75, 3.05) is 0 Å². The monoisotopic (exact) mass is 205 g/mol. The third-order valence-electron chi connectivity index (χ3n) is 2.00. The minimum absolute atomic E-state index is 0.239. The summed E-state index contributed by atoms with van der Waals surface area (Å²) >= 11 is 0. The summed E-state index contributed by atoms with van der Waals surface area (Å²) in [6, 6.07) is 9.14.